The lowest BCUT2D eigenvalue weighted by molar-refractivity contribution is -0.116. The number of benzene rings is 1. The molecule has 1 aromatic heterocycles. The predicted molar refractivity (Wildman–Crippen MR) is 77.3 cm³/mol. The van der Waals surface area contributed by atoms with Gasteiger partial charge in [-0.25, -0.2) is 0 Å². The number of carbonyl (C=O) groups excluding carboxylic acids is 1. The summed E-state index contributed by atoms with van der Waals surface area (Å²) in [5, 5.41) is 6.50. The predicted octanol–water partition coefficient (Wildman–Crippen LogP) is 2.50. The van der Waals surface area contributed by atoms with Gasteiger partial charge in [-0.2, -0.15) is 0 Å². The fourth-order valence-electron chi connectivity index (χ4n) is 1.87. The Labute approximate surface area is 117 Å². The number of nitrogens with zero attached hydrogens (tertiary/aromatic N) is 1. The molecule has 2 rings (SSSR count). The van der Waals surface area contributed by atoms with E-state index in [9.17, 15) is 4.79 Å². The lowest BCUT2D eigenvalue weighted by Crippen LogP contribution is -2.21. The quantitative estimate of drug-likeness (QED) is 0.882. The van der Waals surface area contributed by atoms with Crippen molar-refractivity contribution in [1.29, 1.82) is 0 Å². The van der Waals surface area contributed by atoms with Gasteiger partial charge in [-0.1, -0.05) is 17.7 Å². The second-order valence-electron chi connectivity index (χ2n) is 4.22. The molecule has 0 saturated heterocycles. The minimum absolute atomic E-state index is 0.0733. The van der Waals surface area contributed by atoms with Crippen LogP contribution in [0.4, 0.5) is 5.69 Å². The molecule has 0 aliphatic carbocycles. The van der Waals surface area contributed by atoms with Crippen LogP contribution >= 0.6 is 11.6 Å². The number of hydrogen-bond acceptors (Lipinski definition) is 2. The van der Waals surface area contributed by atoms with Gasteiger partial charge in [0.1, 0.15) is 6.54 Å². The Morgan fingerprint density at radius 3 is 2.89 bits per heavy atom. The van der Waals surface area contributed by atoms with Gasteiger partial charge in [0.25, 0.3) is 0 Å². The average Bonchev–Trinajstić information content (AvgIpc) is 2.77. The molecule has 2 N–H and O–H groups in total. The van der Waals surface area contributed by atoms with Crippen LogP contribution in [0.2, 0.25) is 5.02 Å². The highest BCUT2D eigenvalue weighted by Gasteiger charge is 2.06. The highest BCUT2D eigenvalue weighted by Crippen LogP contribution is 2.15. The second-order valence-corrected chi connectivity index (χ2v) is 4.65. The number of carbonyl (C=O) groups is 1. The topological polar surface area (TPSA) is 46.1 Å². The molecule has 0 aliphatic rings. The second kappa shape index (κ2) is 6.41. The summed E-state index contributed by atoms with van der Waals surface area (Å²) in [6, 6.07) is 11.0. The summed E-state index contributed by atoms with van der Waals surface area (Å²) < 4.78 is 1.91. The van der Waals surface area contributed by atoms with E-state index in [2.05, 4.69) is 10.6 Å². The Morgan fingerprint density at radius 2 is 2.16 bits per heavy atom. The standard InChI is InChI=1S/C14H16ClN3O/c1-16-9-13-6-3-7-18(13)10-14(19)17-12-5-2-4-11(15)8-12/h2-8,16H,9-10H2,1H3,(H,17,19). The monoisotopic (exact) mass is 277 g/mol. The molecule has 100 valence electrons. The zero-order valence-corrected chi connectivity index (χ0v) is 11.4. The Balaban J connectivity index is 1.99. The lowest BCUT2D eigenvalue weighted by Gasteiger charge is -2.10. The first-order valence-electron chi connectivity index (χ1n) is 6.03. The molecule has 0 radical (unpaired) electrons. The van der Waals surface area contributed by atoms with Crippen LogP contribution < -0.4 is 10.6 Å². The van der Waals surface area contributed by atoms with Gasteiger partial charge in [0.05, 0.1) is 0 Å². The summed E-state index contributed by atoms with van der Waals surface area (Å²) in [4.78, 5) is 12.0. The molecule has 0 bridgehead atoms. The molecule has 0 fully saturated rings. The summed E-state index contributed by atoms with van der Waals surface area (Å²) in [5.74, 6) is -0.0733. The molecule has 0 aliphatic heterocycles. The van der Waals surface area contributed by atoms with Gasteiger partial charge in [0.15, 0.2) is 0 Å². The smallest absolute Gasteiger partial charge is 0.244 e. The Kier molecular flexibility index (Phi) is 4.60. The molecule has 0 saturated carbocycles. The first-order valence-corrected chi connectivity index (χ1v) is 6.41. The maximum atomic E-state index is 12.0. The molecule has 4 nitrogen and oxygen atoms in total. The van der Waals surface area contributed by atoms with E-state index in [4.69, 9.17) is 11.6 Å². The van der Waals surface area contributed by atoms with Crippen LogP contribution in [0, 0.1) is 0 Å². The van der Waals surface area contributed by atoms with Crippen molar-refractivity contribution in [2.24, 2.45) is 0 Å². The summed E-state index contributed by atoms with van der Waals surface area (Å²) in [5.41, 5.74) is 1.78. The van der Waals surface area contributed by atoms with Gasteiger partial charge in [-0.3, -0.25) is 4.79 Å². The summed E-state index contributed by atoms with van der Waals surface area (Å²) in [6.07, 6.45) is 1.89. The molecule has 19 heavy (non-hydrogen) atoms. The van der Waals surface area contributed by atoms with Crippen molar-refractivity contribution >= 4 is 23.2 Å². The molecule has 5 heteroatoms. The van der Waals surface area contributed by atoms with Crippen molar-refractivity contribution in [2.45, 2.75) is 13.1 Å². The first kappa shape index (κ1) is 13.6. The maximum absolute atomic E-state index is 12.0. The molecule has 0 spiro atoms. The fraction of sp³-hybridized carbons (Fsp3) is 0.214. The van der Waals surface area contributed by atoms with E-state index in [0.717, 1.165) is 12.2 Å². The van der Waals surface area contributed by atoms with Crippen molar-refractivity contribution in [3.63, 3.8) is 0 Å². The number of halogens is 1. The molecule has 2 aromatic rings. The van der Waals surface area contributed by atoms with E-state index in [1.54, 1.807) is 18.2 Å². The molecular weight excluding hydrogens is 262 g/mol. The van der Waals surface area contributed by atoms with Crippen LogP contribution in [0.15, 0.2) is 42.6 Å². The van der Waals surface area contributed by atoms with Crippen LogP contribution in [0.5, 0.6) is 0 Å². The number of aromatic nitrogens is 1. The SMILES string of the molecule is CNCc1cccn1CC(=O)Nc1cccc(Cl)c1. The number of nitrogens with one attached hydrogen (secondary N) is 2. The fourth-order valence-corrected chi connectivity index (χ4v) is 2.06. The van der Waals surface area contributed by atoms with Gasteiger partial charge < -0.3 is 15.2 Å². The Bertz CT molecular complexity index is 565. The minimum atomic E-state index is -0.0733. The normalized spacial score (nSPS) is 10.4. The van der Waals surface area contributed by atoms with Gasteiger partial charge in [-0.15, -0.1) is 0 Å². The molecule has 1 aromatic carbocycles. The third-order valence-electron chi connectivity index (χ3n) is 2.70. The van der Waals surface area contributed by atoms with Gasteiger partial charge in [-0.05, 0) is 37.4 Å². The Hall–Kier alpha value is -1.78. The highest BCUT2D eigenvalue weighted by molar-refractivity contribution is 6.30. The van der Waals surface area contributed by atoms with E-state index >= 15 is 0 Å². The average molecular weight is 278 g/mol. The van der Waals surface area contributed by atoms with Crippen molar-refractivity contribution in [3.05, 3.63) is 53.3 Å². The lowest BCUT2D eigenvalue weighted by atomic mass is 10.3. The zero-order valence-electron chi connectivity index (χ0n) is 10.7. The van der Waals surface area contributed by atoms with E-state index in [0.29, 0.717) is 10.7 Å². The number of amides is 1. The highest BCUT2D eigenvalue weighted by atomic mass is 35.5. The van der Waals surface area contributed by atoms with Crippen molar-refractivity contribution in [3.8, 4) is 0 Å². The van der Waals surface area contributed by atoms with Crippen LogP contribution in [-0.4, -0.2) is 17.5 Å². The third-order valence-corrected chi connectivity index (χ3v) is 2.94. The van der Waals surface area contributed by atoms with E-state index in [1.807, 2.05) is 36.0 Å². The van der Waals surface area contributed by atoms with E-state index in [1.165, 1.54) is 0 Å². The summed E-state index contributed by atoms with van der Waals surface area (Å²) in [7, 11) is 1.88. The van der Waals surface area contributed by atoms with Crippen LogP contribution in [-0.2, 0) is 17.9 Å². The van der Waals surface area contributed by atoms with Crippen LogP contribution in [0.25, 0.3) is 0 Å². The summed E-state index contributed by atoms with van der Waals surface area (Å²) >= 11 is 5.87. The number of hydrogen-bond donors (Lipinski definition) is 2. The minimum Gasteiger partial charge on any atom is -0.341 e. The van der Waals surface area contributed by atoms with Gasteiger partial charge >= 0.3 is 0 Å². The van der Waals surface area contributed by atoms with Crippen molar-refractivity contribution in [1.82, 2.24) is 9.88 Å². The van der Waals surface area contributed by atoms with Crippen molar-refractivity contribution < 1.29 is 4.79 Å². The number of rotatable bonds is 5. The molecule has 1 heterocycles. The maximum Gasteiger partial charge on any atom is 0.244 e. The number of anilines is 1. The van der Waals surface area contributed by atoms with Crippen LogP contribution in [0.1, 0.15) is 5.69 Å². The third kappa shape index (κ3) is 3.84. The first-order chi connectivity index (χ1) is 9.19. The molecule has 1 amide bonds. The molecule has 0 unspecified atom stereocenters. The van der Waals surface area contributed by atoms with E-state index < -0.39 is 0 Å². The summed E-state index contributed by atoms with van der Waals surface area (Å²) in [6.45, 7) is 1.02. The van der Waals surface area contributed by atoms with E-state index in [-0.39, 0.29) is 12.5 Å². The van der Waals surface area contributed by atoms with Gasteiger partial charge in [0.2, 0.25) is 5.91 Å². The zero-order chi connectivity index (χ0) is 13.7. The van der Waals surface area contributed by atoms with Gasteiger partial charge in [0, 0.05) is 29.1 Å². The largest absolute Gasteiger partial charge is 0.341 e. The Morgan fingerprint density at radius 1 is 1.32 bits per heavy atom. The van der Waals surface area contributed by atoms with Crippen LogP contribution in [0.3, 0.4) is 0 Å². The molecule has 0 atom stereocenters. The molecular formula is C14H16ClN3O. The van der Waals surface area contributed by atoms with Crippen molar-refractivity contribution in [2.75, 3.05) is 12.4 Å².